The molecule has 0 aliphatic heterocycles. The van der Waals surface area contributed by atoms with E-state index in [1.807, 2.05) is 74.5 Å². The molecule has 0 saturated carbocycles. The lowest BCUT2D eigenvalue weighted by molar-refractivity contribution is 0.0954. The Kier molecular flexibility index (Phi) is 21.3. The first-order valence-electron chi connectivity index (χ1n) is 16.9. The first-order valence-corrected chi connectivity index (χ1v) is 16.9. The number of Topliss-reactive ketones (excluding diaryl/α,β-unsaturated/α-hetero) is 1. The number of hydrogen-bond acceptors (Lipinski definition) is 7. The zero-order valence-corrected chi connectivity index (χ0v) is 29.7. The highest BCUT2D eigenvalue weighted by molar-refractivity contribution is 5.94. The Labute approximate surface area is 292 Å². The quantitative estimate of drug-likeness (QED) is 0.0850. The van der Waals surface area contributed by atoms with Crippen molar-refractivity contribution in [1.82, 2.24) is 0 Å². The van der Waals surface area contributed by atoms with Crippen LogP contribution in [0.3, 0.4) is 0 Å². The van der Waals surface area contributed by atoms with E-state index in [4.69, 9.17) is 10.2 Å². The smallest absolute Gasteiger partial charge is 0.159 e. The normalized spacial score (nSPS) is 12.7. The predicted molar refractivity (Wildman–Crippen MR) is 199 cm³/mol. The van der Waals surface area contributed by atoms with Gasteiger partial charge in [0, 0.05) is 5.56 Å². The summed E-state index contributed by atoms with van der Waals surface area (Å²) in [5.41, 5.74) is 7.59. The maximum absolute atomic E-state index is 10.9. The Balaban J connectivity index is 0.000000327. The lowest BCUT2D eigenvalue weighted by Crippen LogP contribution is -2.02. The Bertz CT molecular complexity index is 1480. The van der Waals surface area contributed by atoms with Crippen molar-refractivity contribution in [3.8, 4) is 0 Å². The van der Waals surface area contributed by atoms with Gasteiger partial charge < -0.3 is 30.6 Å². The van der Waals surface area contributed by atoms with E-state index in [1.165, 1.54) is 18.1 Å². The van der Waals surface area contributed by atoms with Gasteiger partial charge in [-0.1, -0.05) is 131 Å². The van der Waals surface area contributed by atoms with Gasteiger partial charge in [-0.05, 0) is 77.6 Å². The van der Waals surface area contributed by atoms with E-state index in [-0.39, 0.29) is 31.2 Å². The summed E-state index contributed by atoms with van der Waals surface area (Å²) >= 11 is 0. The molecule has 0 bridgehead atoms. The van der Waals surface area contributed by atoms with Crippen LogP contribution in [0.5, 0.6) is 0 Å². The molecular weight excluding hydrogens is 616 g/mol. The van der Waals surface area contributed by atoms with Gasteiger partial charge in [0.2, 0.25) is 0 Å². The summed E-state index contributed by atoms with van der Waals surface area (Å²) in [5.74, 6) is -0.00922. The Morgan fingerprint density at radius 3 is 1.45 bits per heavy atom. The number of aliphatic hydroxyl groups excluding tert-OH is 6. The number of carbonyl (C=O) groups excluding carboxylic acids is 1. The van der Waals surface area contributed by atoms with Gasteiger partial charge in [-0.3, -0.25) is 4.79 Å². The molecule has 0 heterocycles. The van der Waals surface area contributed by atoms with Gasteiger partial charge in [0.25, 0.3) is 0 Å². The number of benzene rings is 4. The van der Waals surface area contributed by atoms with Crippen LogP contribution in [0.4, 0.5) is 0 Å². The van der Waals surface area contributed by atoms with E-state index >= 15 is 0 Å². The topological polar surface area (TPSA) is 138 Å². The van der Waals surface area contributed by atoms with Gasteiger partial charge in [-0.2, -0.15) is 0 Å². The second-order valence-corrected chi connectivity index (χ2v) is 11.5. The lowest BCUT2D eigenvalue weighted by atomic mass is 10.0. The Morgan fingerprint density at radius 2 is 1.04 bits per heavy atom. The highest BCUT2D eigenvalue weighted by Crippen LogP contribution is 2.19. The van der Waals surface area contributed by atoms with Gasteiger partial charge >= 0.3 is 0 Å². The van der Waals surface area contributed by atoms with Crippen LogP contribution in [0.25, 0.3) is 6.08 Å². The fourth-order valence-corrected chi connectivity index (χ4v) is 4.51. The van der Waals surface area contributed by atoms with E-state index < -0.39 is 12.2 Å². The molecular formula is C42H56O7. The molecule has 4 aromatic rings. The molecule has 7 heteroatoms. The minimum absolute atomic E-state index is 0.00922. The van der Waals surface area contributed by atoms with Crippen LogP contribution >= 0.6 is 0 Å². The van der Waals surface area contributed by atoms with E-state index in [9.17, 15) is 25.2 Å². The average Bonchev–Trinajstić information content (AvgIpc) is 3.17. The van der Waals surface area contributed by atoms with Gasteiger partial charge in [0.05, 0.1) is 25.4 Å². The molecule has 6 N–H and O–H groups in total. The molecule has 0 aliphatic rings. The standard InChI is InChI=1S/C11H16O.C11H14O.C10H12O3.C10H14O2/c2*1-3-9-6-5-7-10(8-9)11(12)4-2;1-7(12)8-2-4-9(5-3-8)10(13)6-11;1-2-8-3-5-9(6-4-8)10(12)7-11/h5-8,11-12H,3-4H2,1-2H3;3,5-8,11-12H,1,4H2,2H3;2-5,10-11,13H,6H2,1H3;3-6,10-12H,2,7H2,1H3. The highest BCUT2D eigenvalue weighted by atomic mass is 16.3. The zero-order chi connectivity index (χ0) is 36.8. The van der Waals surface area contributed by atoms with Crippen LogP contribution in [0.1, 0.15) is 121 Å². The van der Waals surface area contributed by atoms with Crippen molar-refractivity contribution in [2.45, 2.75) is 84.7 Å². The van der Waals surface area contributed by atoms with Gasteiger partial charge in [-0.15, -0.1) is 0 Å². The Morgan fingerprint density at radius 1 is 0.592 bits per heavy atom. The van der Waals surface area contributed by atoms with Crippen molar-refractivity contribution in [3.05, 3.63) is 148 Å². The first-order chi connectivity index (χ1) is 23.5. The number of ketones is 1. The first kappa shape index (κ1) is 43.1. The number of aliphatic hydroxyl groups is 6. The predicted octanol–water partition coefficient (Wildman–Crippen LogP) is 7.66. The monoisotopic (exact) mass is 672 g/mol. The molecule has 0 saturated heterocycles. The summed E-state index contributed by atoms with van der Waals surface area (Å²) in [6.45, 7) is 12.8. The van der Waals surface area contributed by atoms with Crippen molar-refractivity contribution < 1.29 is 35.4 Å². The van der Waals surface area contributed by atoms with Crippen LogP contribution in [-0.4, -0.2) is 49.6 Å². The molecule has 4 aromatic carbocycles. The second kappa shape index (κ2) is 24.2. The molecule has 4 unspecified atom stereocenters. The molecule has 4 rings (SSSR count). The number of aryl methyl sites for hydroxylation is 2. The summed E-state index contributed by atoms with van der Waals surface area (Å²) < 4.78 is 0. The molecule has 49 heavy (non-hydrogen) atoms. The molecule has 4 atom stereocenters. The average molecular weight is 673 g/mol. The van der Waals surface area contributed by atoms with Crippen LogP contribution < -0.4 is 0 Å². The maximum atomic E-state index is 10.9. The third kappa shape index (κ3) is 15.9. The largest absolute Gasteiger partial charge is 0.393 e. The molecule has 0 aromatic heterocycles. The van der Waals surface area contributed by atoms with Crippen LogP contribution in [-0.2, 0) is 12.8 Å². The van der Waals surface area contributed by atoms with E-state index in [2.05, 4.69) is 32.6 Å². The van der Waals surface area contributed by atoms with Crippen LogP contribution in [0.15, 0.2) is 104 Å². The fourth-order valence-electron chi connectivity index (χ4n) is 4.51. The van der Waals surface area contributed by atoms with E-state index in [0.29, 0.717) is 11.1 Å². The molecule has 0 spiro atoms. The number of rotatable bonds is 12. The molecule has 0 radical (unpaired) electrons. The fraction of sp³-hybridized carbons (Fsp3) is 0.357. The van der Waals surface area contributed by atoms with Gasteiger partial charge in [-0.25, -0.2) is 0 Å². The summed E-state index contributed by atoms with van der Waals surface area (Å²) in [5, 5.41) is 54.8. The van der Waals surface area contributed by atoms with Crippen molar-refractivity contribution in [1.29, 1.82) is 0 Å². The van der Waals surface area contributed by atoms with Gasteiger partial charge in [0.15, 0.2) is 5.78 Å². The SMILES string of the molecule is C=Cc1cccc(C(O)CC)c1.CC(=O)c1ccc(C(O)CO)cc1.CCc1ccc(C(O)CO)cc1.CCc1cccc(C(O)CC)c1. The Hall–Kier alpha value is -3.95. The maximum Gasteiger partial charge on any atom is 0.159 e. The van der Waals surface area contributed by atoms with E-state index in [0.717, 1.165) is 47.9 Å². The molecule has 0 aliphatic carbocycles. The van der Waals surface area contributed by atoms with Crippen LogP contribution in [0, 0.1) is 0 Å². The summed E-state index contributed by atoms with van der Waals surface area (Å²) in [6.07, 6.45) is 3.11. The van der Waals surface area contributed by atoms with Crippen molar-refractivity contribution in [2.75, 3.05) is 13.2 Å². The third-order valence-corrected chi connectivity index (χ3v) is 7.87. The van der Waals surface area contributed by atoms with E-state index in [1.54, 1.807) is 30.3 Å². The van der Waals surface area contributed by atoms with Crippen molar-refractivity contribution >= 4 is 11.9 Å². The van der Waals surface area contributed by atoms with Crippen molar-refractivity contribution in [2.24, 2.45) is 0 Å². The van der Waals surface area contributed by atoms with Crippen molar-refractivity contribution in [3.63, 3.8) is 0 Å². The summed E-state index contributed by atoms with van der Waals surface area (Å²) in [7, 11) is 0. The zero-order valence-electron chi connectivity index (χ0n) is 29.7. The van der Waals surface area contributed by atoms with Crippen LogP contribution in [0.2, 0.25) is 0 Å². The molecule has 0 amide bonds. The minimum atomic E-state index is -0.860. The number of carbonyl (C=O) groups is 1. The molecule has 7 nitrogen and oxygen atoms in total. The summed E-state index contributed by atoms with van der Waals surface area (Å²) in [4.78, 5) is 10.9. The van der Waals surface area contributed by atoms with Gasteiger partial charge in [0.1, 0.15) is 12.2 Å². The summed E-state index contributed by atoms with van der Waals surface area (Å²) in [6, 6.07) is 30.1. The lowest BCUT2D eigenvalue weighted by Gasteiger charge is -2.08. The highest BCUT2D eigenvalue weighted by Gasteiger charge is 2.07. The molecule has 0 fully saturated rings. The third-order valence-electron chi connectivity index (χ3n) is 7.87. The molecule has 266 valence electrons. The number of hydrogen-bond donors (Lipinski definition) is 6. The minimum Gasteiger partial charge on any atom is -0.393 e. The second-order valence-electron chi connectivity index (χ2n) is 11.5.